The zero-order valence-corrected chi connectivity index (χ0v) is 15.3. The third-order valence-corrected chi connectivity index (χ3v) is 4.50. The van der Waals surface area contributed by atoms with E-state index in [-0.39, 0.29) is 5.75 Å². The minimum Gasteiger partial charge on any atom is -0.507 e. The average molecular weight is 366 g/mol. The van der Waals surface area contributed by atoms with Gasteiger partial charge in [0.05, 0.1) is 24.3 Å². The Morgan fingerprint density at radius 3 is 2.67 bits per heavy atom. The highest BCUT2D eigenvalue weighted by Gasteiger charge is 2.25. The molecule has 4 rings (SSSR count). The van der Waals surface area contributed by atoms with Crippen LogP contribution in [-0.2, 0) is 0 Å². The van der Waals surface area contributed by atoms with Crippen LogP contribution in [-0.4, -0.2) is 60.5 Å². The van der Waals surface area contributed by atoms with Crippen molar-refractivity contribution in [3.05, 3.63) is 36.8 Å². The Balaban J connectivity index is 1.49. The number of anilines is 1. The van der Waals surface area contributed by atoms with Gasteiger partial charge < -0.3 is 15.3 Å². The first-order valence-corrected chi connectivity index (χ1v) is 9.01. The average Bonchev–Trinajstić information content (AvgIpc) is 3.33. The summed E-state index contributed by atoms with van der Waals surface area (Å²) in [5.74, 6) is 0.694. The molecule has 9 nitrogen and oxygen atoms in total. The predicted molar refractivity (Wildman–Crippen MR) is 101 cm³/mol. The summed E-state index contributed by atoms with van der Waals surface area (Å²) >= 11 is 0. The van der Waals surface area contributed by atoms with Crippen LogP contribution in [0.25, 0.3) is 16.9 Å². The van der Waals surface area contributed by atoms with Crippen molar-refractivity contribution in [2.75, 3.05) is 18.0 Å². The molecule has 0 aliphatic carbocycles. The summed E-state index contributed by atoms with van der Waals surface area (Å²) in [6.45, 7) is 6.07. The fourth-order valence-electron chi connectivity index (χ4n) is 3.30. The van der Waals surface area contributed by atoms with Gasteiger partial charge >= 0.3 is 0 Å². The number of nitrogens with one attached hydrogen (secondary N) is 1. The summed E-state index contributed by atoms with van der Waals surface area (Å²) in [7, 11) is 0. The number of rotatable bonds is 5. The van der Waals surface area contributed by atoms with Crippen molar-refractivity contribution < 1.29 is 5.11 Å². The number of aromatic hydroxyl groups is 1. The van der Waals surface area contributed by atoms with E-state index in [1.807, 2.05) is 6.07 Å². The van der Waals surface area contributed by atoms with Gasteiger partial charge in [-0.05, 0) is 18.6 Å². The van der Waals surface area contributed by atoms with Crippen molar-refractivity contribution in [1.82, 2.24) is 35.5 Å². The van der Waals surface area contributed by atoms with E-state index in [9.17, 15) is 5.11 Å². The molecule has 1 atom stereocenters. The minimum atomic E-state index is 0.0796. The van der Waals surface area contributed by atoms with Crippen LogP contribution in [0.5, 0.6) is 5.75 Å². The number of phenols is 1. The molecule has 0 amide bonds. The summed E-state index contributed by atoms with van der Waals surface area (Å²) < 4.78 is 0. The fourth-order valence-corrected chi connectivity index (χ4v) is 3.30. The molecule has 0 saturated carbocycles. The number of nitrogens with zero attached hydrogens (tertiary/aromatic N) is 7. The Morgan fingerprint density at radius 2 is 2.00 bits per heavy atom. The summed E-state index contributed by atoms with van der Waals surface area (Å²) in [5, 5.41) is 30.5. The third-order valence-electron chi connectivity index (χ3n) is 4.50. The van der Waals surface area contributed by atoms with Crippen LogP contribution in [0.2, 0.25) is 0 Å². The van der Waals surface area contributed by atoms with Crippen LogP contribution in [0.4, 0.5) is 5.95 Å². The molecule has 140 valence electrons. The smallest absolute Gasteiger partial charge is 0.245 e. The molecule has 1 fully saturated rings. The SMILES string of the molecule is CC(C)NC1CCN(c2ncc(-c3ccc(-n4nccn4)cc3O)nn2)C1. The van der Waals surface area contributed by atoms with Crippen molar-refractivity contribution in [2.24, 2.45) is 0 Å². The molecule has 2 N–H and O–H groups in total. The number of hydrogen-bond acceptors (Lipinski definition) is 8. The van der Waals surface area contributed by atoms with E-state index in [0.717, 1.165) is 19.5 Å². The number of benzene rings is 1. The highest BCUT2D eigenvalue weighted by Crippen LogP contribution is 2.29. The molecule has 3 aromatic rings. The lowest BCUT2D eigenvalue weighted by molar-refractivity contribution is 0.476. The standard InChI is InChI=1S/C18H22N8O/c1-12(2)22-13-5-8-25(11-13)18-19-10-16(23-24-18)15-4-3-14(9-17(15)27)26-20-6-7-21-26/h3-4,6-7,9-10,12-13,22,27H,5,8,11H2,1-2H3. The maximum absolute atomic E-state index is 10.4. The zero-order valence-electron chi connectivity index (χ0n) is 15.3. The Kier molecular flexibility index (Phi) is 4.68. The van der Waals surface area contributed by atoms with Gasteiger partial charge in [-0.1, -0.05) is 13.8 Å². The van der Waals surface area contributed by atoms with E-state index in [1.165, 1.54) is 4.80 Å². The summed E-state index contributed by atoms with van der Waals surface area (Å²) in [6, 6.07) is 6.07. The van der Waals surface area contributed by atoms with Gasteiger partial charge in [0, 0.05) is 36.8 Å². The first kappa shape index (κ1) is 17.3. The second kappa shape index (κ2) is 7.28. The summed E-state index contributed by atoms with van der Waals surface area (Å²) in [4.78, 5) is 8.01. The van der Waals surface area contributed by atoms with Gasteiger partial charge in [0.2, 0.25) is 5.95 Å². The molecule has 0 spiro atoms. The lowest BCUT2D eigenvalue weighted by Gasteiger charge is -2.18. The van der Waals surface area contributed by atoms with E-state index in [1.54, 1.807) is 30.7 Å². The third kappa shape index (κ3) is 3.72. The van der Waals surface area contributed by atoms with Crippen molar-refractivity contribution in [3.8, 4) is 22.7 Å². The van der Waals surface area contributed by atoms with E-state index in [0.29, 0.717) is 35.0 Å². The first-order chi connectivity index (χ1) is 13.1. The molecular weight excluding hydrogens is 344 g/mol. The minimum absolute atomic E-state index is 0.0796. The van der Waals surface area contributed by atoms with E-state index in [4.69, 9.17) is 0 Å². The molecule has 3 heterocycles. The molecule has 27 heavy (non-hydrogen) atoms. The lowest BCUT2D eigenvalue weighted by atomic mass is 10.1. The molecule has 1 aliphatic heterocycles. The maximum Gasteiger partial charge on any atom is 0.245 e. The van der Waals surface area contributed by atoms with Gasteiger partial charge in [0.1, 0.15) is 11.4 Å². The largest absolute Gasteiger partial charge is 0.507 e. The number of phenolic OH excluding ortho intramolecular Hbond substituents is 1. The van der Waals surface area contributed by atoms with Crippen LogP contribution in [0.3, 0.4) is 0 Å². The van der Waals surface area contributed by atoms with Crippen LogP contribution in [0, 0.1) is 0 Å². The highest BCUT2D eigenvalue weighted by atomic mass is 16.3. The van der Waals surface area contributed by atoms with E-state index in [2.05, 4.69) is 49.4 Å². The van der Waals surface area contributed by atoms with Crippen molar-refractivity contribution in [2.45, 2.75) is 32.4 Å². The topological polar surface area (TPSA) is 105 Å². The molecule has 0 bridgehead atoms. The van der Waals surface area contributed by atoms with Crippen LogP contribution in [0.15, 0.2) is 36.8 Å². The Labute approximate surface area is 157 Å². The van der Waals surface area contributed by atoms with Gasteiger partial charge in [0.25, 0.3) is 0 Å². The quantitative estimate of drug-likeness (QED) is 0.698. The van der Waals surface area contributed by atoms with Crippen LogP contribution >= 0.6 is 0 Å². The molecule has 1 aliphatic rings. The molecule has 0 radical (unpaired) electrons. The number of hydrogen-bond donors (Lipinski definition) is 2. The van der Waals surface area contributed by atoms with Crippen LogP contribution in [0.1, 0.15) is 20.3 Å². The lowest BCUT2D eigenvalue weighted by Crippen LogP contribution is -2.37. The summed E-state index contributed by atoms with van der Waals surface area (Å²) in [5.41, 5.74) is 1.75. The molecule has 1 saturated heterocycles. The van der Waals surface area contributed by atoms with Crippen molar-refractivity contribution >= 4 is 5.95 Å². The Hall–Kier alpha value is -3.07. The van der Waals surface area contributed by atoms with E-state index >= 15 is 0 Å². The second-order valence-electron chi connectivity index (χ2n) is 6.92. The second-order valence-corrected chi connectivity index (χ2v) is 6.92. The van der Waals surface area contributed by atoms with Gasteiger partial charge in [-0.25, -0.2) is 4.98 Å². The maximum atomic E-state index is 10.4. The van der Waals surface area contributed by atoms with Gasteiger partial charge in [-0.3, -0.25) is 0 Å². The molecule has 2 aromatic heterocycles. The van der Waals surface area contributed by atoms with Gasteiger partial charge in [0.15, 0.2) is 0 Å². The summed E-state index contributed by atoms with van der Waals surface area (Å²) in [6.07, 6.45) is 5.87. The molecule has 1 unspecified atom stereocenters. The Morgan fingerprint density at radius 1 is 1.19 bits per heavy atom. The van der Waals surface area contributed by atoms with Crippen molar-refractivity contribution in [3.63, 3.8) is 0 Å². The van der Waals surface area contributed by atoms with Gasteiger partial charge in [-0.2, -0.15) is 15.0 Å². The Bertz CT molecular complexity index is 894. The normalized spacial score (nSPS) is 17.0. The first-order valence-electron chi connectivity index (χ1n) is 9.01. The highest BCUT2D eigenvalue weighted by molar-refractivity contribution is 5.67. The molecule has 1 aromatic carbocycles. The molecule has 9 heteroatoms. The number of aromatic nitrogens is 6. The fraction of sp³-hybridized carbons (Fsp3) is 0.389. The molecular formula is C18H22N8O. The monoisotopic (exact) mass is 366 g/mol. The zero-order chi connectivity index (χ0) is 18.8. The predicted octanol–water partition coefficient (Wildman–Crippen LogP) is 1.40. The van der Waals surface area contributed by atoms with Crippen molar-refractivity contribution in [1.29, 1.82) is 0 Å². The van der Waals surface area contributed by atoms with E-state index < -0.39 is 0 Å². The van der Waals surface area contributed by atoms with Crippen LogP contribution < -0.4 is 10.2 Å². The van der Waals surface area contributed by atoms with Gasteiger partial charge in [-0.15, -0.1) is 10.2 Å².